The minimum absolute atomic E-state index is 0.00905. The molecule has 16 heavy (non-hydrogen) atoms. The zero-order valence-electron chi connectivity index (χ0n) is 8.49. The minimum Gasteiger partial charge on any atom is -0.324 e. The van der Waals surface area contributed by atoms with Crippen LogP contribution in [-0.4, -0.2) is 0 Å². The van der Waals surface area contributed by atoms with E-state index < -0.39 is 0 Å². The van der Waals surface area contributed by atoms with Crippen molar-refractivity contribution >= 4 is 33.9 Å². The van der Waals surface area contributed by atoms with Gasteiger partial charge in [0.15, 0.2) is 0 Å². The molecule has 0 fully saturated rings. The molecule has 1 nitrogen and oxygen atoms in total. The summed E-state index contributed by atoms with van der Waals surface area (Å²) in [6.45, 7) is 0. The van der Waals surface area contributed by atoms with Gasteiger partial charge >= 0.3 is 0 Å². The molecule has 1 atom stereocenters. The van der Waals surface area contributed by atoms with Crippen molar-refractivity contribution in [3.63, 3.8) is 0 Å². The van der Waals surface area contributed by atoms with Gasteiger partial charge in [0.25, 0.3) is 0 Å². The van der Waals surface area contributed by atoms with Crippen LogP contribution in [0.1, 0.15) is 17.2 Å². The van der Waals surface area contributed by atoms with Gasteiger partial charge in [-0.2, -0.15) is 0 Å². The number of halogens is 2. The van der Waals surface area contributed by atoms with Crippen molar-refractivity contribution < 1.29 is 4.39 Å². The first-order chi connectivity index (χ1) is 7.65. The summed E-state index contributed by atoms with van der Waals surface area (Å²) in [5.74, 6) is -0.206. The molecular formula is C12H11FINS. The van der Waals surface area contributed by atoms with Crippen LogP contribution in [0.25, 0.3) is 0 Å². The van der Waals surface area contributed by atoms with E-state index in [2.05, 4.69) is 34.0 Å². The van der Waals surface area contributed by atoms with Crippen molar-refractivity contribution in [1.29, 1.82) is 0 Å². The summed E-state index contributed by atoms with van der Waals surface area (Å²) in [4.78, 5) is 0. The lowest BCUT2D eigenvalue weighted by molar-refractivity contribution is 0.625. The molecule has 0 amide bonds. The molecule has 84 valence electrons. The molecule has 1 aromatic carbocycles. The van der Waals surface area contributed by atoms with Gasteiger partial charge in [0.05, 0.1) is 2.88 Å². The quantitative estimate of drug-likeness (QED) is 0.842. The fourth-order valence-corrected chi connectivity index (χ4v) is 2.95. The summed E-state index contributed by atoms with van der Waals surface area (Å²) in [5, 5.41) is 2.08. The zero-order chi connectivity index (χ0) is 11.5. The van der Waals surface area contributed by atoms with E-state index in [0.29, 0.717) is 0 Å². The van der Waals surface area contributed by atoms with Crippen molar-refractivity contribution in [2.45, 2.75) is 12.5 Å². The van der Waals surface area contributed by atoms with Crippen molar-refractivity contribution in [3.05, 3.63) is 55.5 Å². The SMILES string of the molecule is NC(Cc1ccc(F)cc1)c1csc(I)c1. The van der Waals surface area contributed by atoms with Crippen molar-refractivity contribution in [2.24, 2.45) is 5.73 Å². The fourth-order valence-electron chi connectivity index (χ4n) is 1.51. The molecule has 0 spiro atoms. The Bertz CT molecular complexity index is 466. The van der Waals surface area contributed by atoms with Crippen molar-refractivity contribution in [2.75, 3.05) is 0 Å². The molecule has 0 saturated heterocycles. The molecule has 0 saturated carbocycles. The molecule has 0 radical (unpaired) electrons. The second kappa shape index (κ2) is 5.25. The number of hydrogen-bond donors (Lipinski definition) is 1. The zero-order valence-corrected chi connectivity index (χ0v) is 11.5. The van der Waals surface area contributed by atoms with Gasteiger partial charge in [0.1, 0.15) is 5.82 Å². The highest BCUT2D eigenvalue weighted by atomic mass is 127. The van der Waals surface area contributed by atoms with E-state index >= 15 is 0 Å². The predicted octanol–water partition coefficient (Wildman–Crippen LogP) is 3.73. The van der Waals surface area contributed by atoms with Crippen LogP contribution in [0.5, 0.6) is 0 Å². The Morgan fingerprint density at radius 3 is 2.56 bits per heavy atom. The molecule has 0 aliphatic rings. The first-order valence-corrected chi connectivity index (χ1v) is 6.85. The van der Waals surface area contributed by atoms with Crippen LogP contribution in [-0.2, 0) is 6.42 Å². The molecule has 2 N–H and O–H groups in total. The average Bonchev–Trinajstić information content (AvgIpc) is 2.68. The van der Waals surface area contributed by atoms with Gasteiger partial charge in [-0.05, 0) is 63.7 Å². The van der Waals surface area contributed by atoms with E-state index in [1.807, 2.05) is 0 Å². The maximum atomic E-state index is 12.7. The lowest BCUT2D eigenvalue weighted by Gasteiger charge is -2.09. The Hall–Kier alpha value is -0.460. The third-order valence-corrected chi connectivity index (χ3v) is 4.19. The van der Waals surface area contributed by atoms with Gasteiger partial charge in [-0.1, -0.05) is 12.1 Å². The van der Waals surface area contributed by atoms with Crippen LogP contribution < -0.4 is 5.73 Å². The highest BCUT2D eigenvalue weighted by Gasteiger charge is 2.08. The van der Waals surface area contributed by atoms with Crippen molar-refractivity contribution in [3.8, 4) is 0 Å². The second-order valence-corrected chi connectivity index (χ2v) is 6.43. The van der Waals surface area contributed by atoms with Gasteiger partial charge in [-0.25, -0.2) is 4.39 Å². The van der Waals surface area contributed by atoms with Crippen molar-refractivity contribution in [1.82, 2.24) is 0 Å². The van der Waals surface area contributed by atoms with Crippen LogP contribution in [0.3, 0.4) is 0 Å². The van der Waals surface area contributed by atoms with Crippen LogP contribution in [0.15, 0.2) is 35.7 Å². The lowest BCUT2D eigenvalue weighted by Crippen LogP contribution is -2.12. The molecule has 0 aliphatic heterocycles. The Balaban J connectivity index is 2.07. The third kappa shape index (κ3) is 3.02. The van der Waals surface area contributed by atoms with E-state index in [9.17, 15) is 4.39 Å². The van der Waals surface area contributed by atoms with E-state index in [1.54, 1.807) is 23.5 Å². The number of benzene rings is 1. The van der Waals surface area contributed by atoms with E-state index in [4.69, 9.17) is 5.73 Å². The lowest BCUT2D eigenvalue weighted by atomic mass is 10.0. The van der Waals surface area contributed by atoms with Crippen LogP contribution in [0.4, 0.5) is 4.39 Å². The van der Waals surface area contributed by atoms with Crippen LogP contribution in [0, 0.1) is 8.70 Å². The van der Waals surface area contributed by atoms with Gasteiger partial charge in [0, 0.05) is 6.04 Å². The van der Waals surface area contributed by atoms with E-state index in [-0.39, 0.29) is 11.9 Å². The van der Waals surface area contributed by atoms with Gasteiger partial charge in [-0.15, -0.1) is 11.3 Å². The first-order valence-electron chi connectivity index (χ1n) is 4.89. The monoisotopic (exact) mass is 347 g/mol. The highest BCUT2D eigenvalue weighted by Crippen LogP contribution is 2.23. The third-order valence-electron chi connectivity index (χ3n) is 2.38. The number of rotatable bonds is 3. The van der Waals surface area contributed by atoms with Crippen LogP contribution >= 0.6 is 33.9 Å². The topological polar surface area (TPSA) is 26.0 Å². The highest BCUT2D eigenvalue weighted by molar-refractivity contribution is 14.1. The summed E-state index contributed by atoms with van der Waals surface area (Å²) < 4.78 is 14.0. The molecule has 2 rings (SSSR count). The largest absolute Gasteiger partial charge is 0.324 e. The maximum absolute atomic E-state index is 12.7. The Kier molecular flexibility index (Phi) is 3.94. The fraction of sp³-hybridized carbons (Fsp3) is 0.167. The normalized spacial score (nSPS) is 12.7. The molecule has 2 aromatic rings. The average molecular weight is 347 g/mol. The number of nitrogens with two attached hydrogens (primary N) is 1. The molecule has 4 heteroatoms. The summed E-state index contributed by atoms with van der Waals surface area (Å²) in [6.07, 6.45) is 0.743. The molecule has 1 unspecified atom stereocenters. The Morgan fingerprint density at radius 2 is 2.00 bits per heavy atom. The molecule has 1 heterocycles. The Labute approximate surface area is 112 Å². The summed E-state index contributed by atoms with van der Waals surface area (Å²) >= 11 is 3.98. The molecule has 0 aliphatic carbocycles. The smallest absolute Gasteiger partial charge is 0.123 e. The summed E-state index contributed by atoms with van der Waals surface area (Å²) in [7, 11) is 0. The molecule has 0 bridgehead atoms. The number of thiophene rings is 1. The summed E-state index contributed by atoms with van der Waals surface area (Å²) in [5.41, 5.74) is 8.30. The van der Waals surface area contributed by atoms with E-state index in [0.717, 1.165) is 17.5 Å². The number of hydrogen-bond acceptors (Lipinski definition) is 2. The van der Waals surface area contributed by atoms with E-state index in [1.165, 1.54) is 15.0 Å². The second-order valence-electron chi connectivity index (χ2n) is 3.62. The standard InChI is InChI=1S/C12H11FINS/c13-10-3-1-8(2-4-10)5-11(15)9-6-12(14)16-7-9/h1-4,6-7,11H,5,15H2. The van der Waals surface area contributed by atoms with Gasteiger partial charge in [0.2, 0.25) is 0 Å². The summed E-state index contributed by atoms with van der Waals surface area (Å²) in [6, 6.07) is 8.60. The first kappa shape index (κ1) is 12.0. The minimum atomic E-state index is -0.206. The van der Waals surface area contributed by atoms with Crippen LogP contribution in [0.2, 0.25) is 0 Å². The Morgan fingerprint density at radius 1 is 1.31 bits per heavy atom. The molecular weight excluding hydrogens is 336 g/mol. The predicted molar refractivity (Wildman–Crippen MR) is 74.1 cm³/mol. The van der Waals surface area contributed by atoms with Gasteiger partial charge < -0.3 is 5.73 Å². The van der Waals surface area contributed by atoms with Gasteiger partial charge in [-0.3, -0.25) is 0 Å². The maximum Gasteiger partial charge on any atom is 0.123 e. The molecule has 1 aromatic heterocycles.